The van der Waals surface area contributed by atoms with Gasteiger partial charge in [0, 0.05) is 43.2 Å². The van der Waals surface area contributed by atoms with Gasteiger partial charge in [-0.3, -0.25) is 9.59 Å². The molecule has 1 saturated carbocycles. The van der Waals surface area contributed by atoms with E-state index in [4.69, 9.17) is 28.4 Å². The SMILES string of the molecule is CO[C@]1(C)C[C@H](O[C@H]2[C@H](C)[C@@H](O[C@@H]3O[C@H](C)C[C@H](N(C)C)[C@H]3O)[C@](C)(O)C[C@@H](C)C(=O)[C@H](C)[C@@H](O)[C@@H](C)[C@@H](C3CCCC3)OC(=O)[C@@H]2C)O[C@@H](C)[C@@H]1O. The highest BCUT2D eigenvalue weighted by Crippen LogP contribution is 2.42. The molecule has 0 radical (unpaired) electrons. The van der Waals surface area contributed by atoms with Crippen molar-refractivity contribution in [2.75, 3.05) is 21.2 Å². The zero-order valence-corrected chi connectivity index (χ0v) is 34.3. The average Bonchev–Trinajstić information content (AvgIpc) is 3.64. The molecule has 0 bridgehead atoms. The van der Waals surface area contributed by atoms with Gasteiger partial charge in [0.1, 0.15) is 24.1 Å². The minimum atomic E-state index is -1.72. The normalized spacial score (nSPS) is 48.8. The number of hydrogen-bond donors (Lipinski definition) is 4. The maximum absolute atomic E-state index is 14.4. The number of carbonyl (C=O) groups excluding carboxylic acids is 2. The minimum absolute atomic E-state index is 0.0278. The van der Waals surface area contributed by atoms with Crippen molar-refractivity contribution >= 4 is 11.8 Å². The maximum Gasteiger partial charge on any atom is 0.311 e. The molecule has 308 valence electrons. The first kappa shape index (κ1) is 44.5. The summed E-state index contributed by atoms with van der Waals surface area (Å²) in [4.78, 5) is 30.4. The van der Waals surface area contributed by atoms with Crippen LogP contribution in [-0.4, -0.2) is 137 Å². The Morgan fingerprint density at radius 1 is 0.830 bits per heavy atom. The molecule has 4 rings (SSSR count). The number of ether oxygens (including phenoxy) is 6. The Morgan fingerprint density at radius 2 is 1.45 bits per heavy atom. The third-order valence-corrected chi connectivity index (χ3v) is 13.2. The van der Waals surface area contributed by atoms with Gasteiger partial charge in [-0.2, -0.15) is 0 Å². The maximum atomic E-state index is 14.4. The summed E-state index contributed by atoms with van der Waals surface area (Å²) in [6.45, 7) is 15.8. The number of ketones is 1. The van der Waals surface area contributed by atoms with Crippen LogP contribution in [0.5, 0.6) is 0 Å². The number of aliphatic hydroxyl groups is 4. The Labute approximate surface area is 317 Å². The van der Waals surface area contributed by atoms with Crippen molar-refractivity contribution in [2.45, 2.75) is 186 Å². The minimum Gasteiger partial charge on any atom is -0.461 e. The Kier molecular flexibility index (Phi) is 15.0. The van der Waals surface area contributed by atoms with Gasteiger partial charge in [-0.15, -0.1) is 0 Å². The van der Waals surface area contributed by atoms with Crippen molar-refractivity contribution in [3.05, 3.63) is 0 Å². The lowest BCUT2D eigenvalue weighted by molar-refractivity contribution is -0.317. The molecule has 0 aromatic carbocycles. The van der Waals surface area contributed by atoms with Gasteiger partial charge in [0.15, 0.2) is 12.6 Å². The number of esters is 1. The molecule has 0 amide bonds. The fourth-order valence-corrected chi connectivity index (χ4v) is 9.67. The van der Waals surface area contributed by atoms with Gasteiger partial charge in [0.2, 0.25) is 0 Å². The van der Waals surface area contributed by atoms with E-state index >= 15 is 0 Å². The van der Waals surface area contributed by atoms with Crippen LogP contribution in [0.1, 0.15) is 107 Å². The van der Waals surface area contributed by atoms with Crippen molar-refractivity contribution in [2.24, 2.45) is 35.5 Å². The summed E-state index contributed by atoms with van der Waals surface area (Å²) in [7, 11) is 5.26. The molecule has 1 aliphatic carbocycles. The number of Topliss-reactive ketones (excluding diaryl/α,β-unsaturated/α-hetero) is 1. The number of nitrogens with zero attached hydrogens (tertiary/aromatic N) is 1. The van der Waals surface area contributed by atoms with Crippen molar-refractivity contribution in [1.29, 1.82) is 0 Å². The quantitative estimate of drug-likeness (QED) is 0.279. The molecule has 4 aliphatic rings. The van der Waals surface area contributed by atoms with Gasteiger partial charge in [-0.25, -0.2) is 0 Å². The molecule has 0 aromatic rings. The van der Waals surface area contributed by atoms with Gasteiger partial charge in [-0.05, 0) is 80.3 Å². The van der Waals surface area contributed by atoms with Crippen LogP contribution in [0.3, 0.4) is 0 Å². The zero-order valence-electron chi connectivity index (χ0n) is 34.3. The van der Waals surface area contributed by atoms with Crippen LogP contribution >= 0.6 is 0 Å². The Bertz CT molecular complexity index is 1210. The van der Waals surface area contributed by atoms with Crippen LogP contribution in [0.2, 0.25) is 0 Å². The Balaban J connectivity index is 1.82. The molecule has 13 nitrogen and oxygen atoms in total. The van der Waals surface area contributed by atoms with E-state index < -0.39 is 102 Å². The molecule has 53 heavy (non-hydrogen) atoms. The molecular weight excluding hydrogens is 686 g/mol. The molecule has 4 N–H and O–H groups in total. The first-order valence-electron chi connectivity index (χ1n) is 20.0. The summed E-state index contributed by atoms with van der Waals surface area (Å²) < 4.78 is 38.0. The second kappa shape index (κ2) is 17.9. The third-order valence-electron chi connectivity index (χ3n) is 13.2. The van der Waals surface area contributed by atoms with Crippen molar-refractivity contribution < 1.29 is 58.4 Å². The van der Waals surface area contributed by atoms with E-state index in [1.807, 2.05) is 39.8 Å². The summed E-state index contributed by atoms with van der Waals surface area (Å²) >= 11 is 0. The topological polar surface area (TPSA) is 174 Å². The molecule has 4 fully saturated rings. The van der Waals surface area contributed by atoms with Crippen molar-refractivity contribution in [1.82, 2.24) is 4.90 Å². The number of carbonyl (C=O) groups is 2. The largest absolute Gasteiger partial charge is 0.461 e. The predicted molar refractivity (Wildman–Crippen MR) is 196 cm³/mol. The van der Waals surface area contributed by atoms with E-state index in [2.05, 4.69) is 0 Å². The summed E-state index contributed by atoms with van der Waals surface area (Å²) in [5.41, 5.74) is -2.73. The summed E-state index contributed by atoms with van der Waals surface area (Å²) in [6.07, 6.45) is -4.53. The number of cyclic esters (lactones) is 1. The van der Waals surface area contributed by atoms with Crippen LogP contribution in [-0.2, 0) is 38.0 Å². The molecule has 0 spiro atoms. The summed E-state index contributed by atoms with van der Waals surface area (Å²) in [6, 6.07) is -0.295. The van der Waals surface area contributed by atoms with E-state index in [1.165, 1.54) is 7.11 Å². The molecule has 3 aliphatic heterocycles. The summed E-state index contributed by atoms with van der Waals surface area (Å²) in [5.74, 6) is -4.44. The fraction of sp³-hybridized carbons (Fsp3) is 0.950. The monoisotopic (exact) mass is 757 g/mol. The van der Waals surface area contributed by atoms with Gasteiger partial charge in [0.05, 0.1) is 47.6 Å². The molecule has 13 heteroatoms. The standard InChI is InChI=1S/C40H71NO12/c1-20-18-39(8,47)36(53-38-32(44)28(41(10)11)17-21(2)49-38)24(5)33(51-29-19-40(9,48-12)35(45)26(7)50-29)25(6)37(46)52-34(27-15-13-14-16-27)23(4)31(43)22(3)30(20)42/h20-29,31-36,38,43-45,47H,13-19H2,1-12H3/t20-,21-,22+,23-,24+,25-,26+,28+,29+,31-,32-,33+,34+,35+,36-,38+,39-,40-/m1/s1. The lowest BCUT2D eigenvalue weighted by Crippen LogP contribution is -2.60. The second-order valence-corrected chi connectivity index (χ2v) is 17.8. The van der Waals surface area contributed by atoms with Crippen molar-refractivity contribution in [3.63, 3.8) is 0 Å². The number of hydrogen-bond acceptors (Lipinski definition) is 13. The van der Waals surface area contributed by atoms with Crippen LogP contribution in [0.4, 0.5) is 0 Å². The van der Waals surface area contributed by atoms with Crippen LogP contribution in [0.25, 0.3) is 0 Å². The molecule has 18 atom stereocenters. The smallest absolute Gasteiger partial charge is 0.311 e. The molecule has 3 heterocycles. The number of aliphatic hydroxyl groups excluding tert-OH is 3. The third kappa shape index (κ3) is 9.83. The highest BCUT2D eigenvalue weighted by molar-refractivity contribution is 5.83. The van der Waals surface area contributed by atoms with E-state index in [-0.39, 0.29) is 36.7 Å². The highest BCUT2D eigenvalue weighted by Gasteiger charge is 2.52. The number of likely N-dealkylation sites (N-methyl/N-ethyl adjacent to an activating group) is 1. The number of methoxy groups -OCH3 is 1. The van der Waals surface area contributed by atoms with Gasteiger partial charge >= 0.3 is 5.97 Å². The van der Waals surface area contributed by atoms with Crippen molar-refractivity contribution in [3.8, 4) is 0 Å². The molecule has 0 unspecified atom stereocenters. The van der Waals surface area contributed by atoms with Crippen LogP contribution in [0, 0.1) is 35.5 Å². The Morgan fingerprint density at radius 3 is 2.04 bits per heavy atom. The van der Waals surface area contributed by atoms with Crippen LogP contribution in [0.15, 0.2) is 0 Å². The Hall–Kier alpha value is -1.26. The predicted octanol–water partition coefficient (Wildman–Crippen LogP) is 3.45. The van der Waals surface area contributed by atoms with E-state index in [0.717, 1.165) is 25.7 Å². The number of rotatable bonds is 7. The van der Waals surface area contributed by atoms with Gasteiger partial charge < -0.3 is 53.7 Å². The fourth-order valence-electron chi connectivity index (χ4n) is 9.67. The molecule has 0 aromatic heterocycles. The van der Waals surface area contributed by atoms with Gasteiger partial charge in [0.25, 0.3) is 0 Å². The molecule has 3 saturated heterocycles. The first-order chi connectivity index (χ1) is 24.6. The highest BCUT2D eigenvalue weighted by atomic mass is 16.7. The van der Waals surface area contributed by atoms with E-state index in [1.54, 1.807) is 41.5 Å². The first-order valence-corrected chi connectivity index (χ1v) is 20.0. The van der Waals surface area contributed by atoms with Gasteiger partial charge in [-0.1, -0.05) is 40.5 Å². The molecular formula is C40H71NO12. The van der Waals surface area contributed by atoms with E-state index in [0.29, 0.717) is 6.42 Å². The van der Waals surface area contributed by atoms with Crippen LogP contribution < -0.4 is 0 Å². The van der Waals surface area contributed by atoms with E-state index in [9.17, 15) is 30.0 Å². The second-order valence-electron chi connectivity index (χ2n) is 17.8. The lowest BCUT2D eigenvalue weighted by atomic mass is 9.74. The average molecular weight is 758 g/mol. The summed E-state index contributed by atoms with van der Waals surface area (Å²) in [5, 5.41) is 46.6. The zero-order chi connectivity index (χ0) is 39.7. The lowest BCUT2D eigenvalue weighted by Gasteiger charge is -2.49.